The zero-order valence-electron chi connectivity index (χ0n) is 14.2. The van der Waals surface area contributed by atoms with Crippen molar-refractivity contribution in [3.8, 4) is 11.5 Å². The van der Waals surface area contributed by atoms with Crippen LogP contribution in [0.5, 0.6) is 11.5 Å². The molecule has 5 nitrogen and oxygen atoms in total. The molecular formula is C20H15FN2O3S. The van der Waals surface area contributed by atoms with Gasteiger partial charge in [-0.05, 0) is 42.0 Å². The number of carbonyl (C=O) groups is 1. The van der Waals surface area contributed by atoms with Crippen LogP contribution >= 0.6 is 11.3 Å². The molecule has 0 bridgehead atoms. The van der Waals surface area contributed by atoms with Crippen LogP contribution in [0.3, 0.4) is 0 Å². The highest BCUT2D eigenvalue weighted by Gasteiger charge is 2.12. The summed E-state index contributed by atoms with van der Waals surface area (Å²) in [5, 5.41) is 0. The van der Waals surface area contributed by atoms with E-state index in [-0.39, 0.29) is 12.6 Å². The standard InChI is InChI=1S/C20H15FN2O3S/c1-2-9-23-15-6-5-14(21)11-18(15)27-20(23)22-19(24)8-4-13-3-7-16-17(10-13)26-12-25-16/h2-8,10-11H,1,9,12H2/b8-4-,22-20?. The molecule has 2 aromatic carbocycles. The number of hydrogen-bond donors (Lipinski definition) is 0. The Labute approximate surface area is 158 Å². The van der Waals surface area contributed by atoms with E-state index >= 15 is 0 Å². The van der Waals surface area contributed by atoms with Gasteiger partial charge >= 0.3 is 0 Å². The van der Waals surface area contributed by atoms with Crippen molar-refractivity contribution in [2.75, 3.05) is 6.79 Å². The fraction of sp³-hybridized carbons (Fsp3) is 0.100. The molecule has 7 heteroatoms. The maximum Gasteiger partial charge on any atom is 0.272 e. The van der Waals surface area contributed by atoms with E-state index in [1.165, 1.54) is 29.5 Å². The van der Waals surface area contributed by atoms with E-state index in [9.17, 15) is 9.18 Å². The number of benzene rings is 2. The third-order valence-electron chi connectivity index (χ3n) is 3.98. The molecule has 0 atom stereocenters. The summed E-state index contributed by atoms with van der Waals surface area (Å²) in [5.41, 5.74) is 1.62. The quantitative estimate of drug-likeness (QED) is 0.508. The lowest BCUT2D eigenvalue weighted by atomic mass is 10.2. The third kappa shape index (κ3) is 3.54. The molecule has 0 aliphatic carbocycles. The fourth-order valence-corrected chi connectivity index (χ4v) is 3.82. The summed E-state index contributed by atoms with van der Waals surface area (Å²) in [6.07, 6.45) is 4.76. The Kier molecular flexibility index (Phi) is 4.60. The predicted octanol–water partition coefficient (Wildman–Crippen LogP) is 3.90. The molecule has 1 aromatic heterocycles. The summed E-state index contributed by atoms with van der Waals surface area (Å²) >= 11 is 1.26. The van der Waals surface area contributed by atoms with Crippen LogP contribution in [0.4, 0.5) is 4.39 Å². The van der Waals surface area contributed by atoms with E-state index in [4.69, 9.17) is 9.47 Å². The first-order valence-corrected chi connectivity index (χ1v) is 9.02. The van der Waals surface area contributed by atoms with Gasteiger partial charge < -0.3 is 14.0 Å². The Balaban J connectivity index is 1.65. The van der Waals surface area contributed by atoms with Crippen LogP contribution in [0.25, 0.3) is 16.3 Å². The number of halogens is 1. The van der Waals surface area contributed by atoms with E-state index < -0.39 is 5.91 Å². The number of ether oxygens (including phenoxy) is 2. The molecule has 136 valence electrons. The second-order valence-electron chi connectivity index (χ2n) is 5.79. The molecule has 0 radical (unpaired) electrons. The first-order valence-electron chi connectivity index (χ1n) is 8.20. The lowest BCUT2D eigenvalue weighted by Crippen LogP contribution is -2.15. The molecule has 2 heterocycles. The Morgan fingerprint density at radius 2 is 2.11 bits per heavy atom. The third-order valence-corrected chi connectivity index (χ3v) is 5.02. The van der Waals surface area contributed by atoms with Crippen LogP contribution in [0.2, 0.25) is 0 Å². The Morgan fingerprint density at radius 3 is 2.96 bits per heavy atom. The minimum Gasteiger partial charge on any atom is -0.454 e. The maximum absolute atomic E-state index is 13.5. The second kappa shape index (κ2) is 7.20. The van der Waals surface area contributed by atoms with E-state index in [1.54, 1.807) is 30.4 Å². The highest BCUT2D eigenvalue weighted by atomic mass is 32.1. The first-order chi connectivity index (χ1) is 13.1. The van der Waals surface area contributed by atoms with Crippen LogP contribution < -0.4 is 14.3 Å². The zero-order chi connectivity index (χ0) is 18.8. The van der Waals surface area contributed by atoms with Gasteiger partial charge in [0.2, 0.25) is 6.79 Å². The molecule has 0 spiro atoms. The number of thiazole rings is 1. The van der Waals surface area contributed by atoms with Gasteiger partial charge in [0, 0.05) is 12.6 Å². The monoisotopic (exact) mass is 382 g/mol. The molecule has 0 saturated heterocycles. The van der Waals surface area contributed by atoms with Gasteiger partial charge in [-0.2, -0.15) is 4.99 Å². The lowest BCUT2D eigenvalue weighted by molar-refractivity contribution is -0.113. The van der Waals surface area contributed by atoms with E-state index in [0.717, 1.165) is 15.8 Å². The molecule has 4 rings (SSSR count). The zero-order valence-corrected chi connectivity index (χ0v) is 15.0. The molecule has 0 N–H and O–H groups in total. The van der Waals surface area contributed by atoms with Crippen molar-refractivity contribution in [1.82, 2.24) is 4.57 Å². The van der Waals surface area contributed by atoms with Crippen molar-refractivity contribution >= 4 is 33.5 Å². The molecule has 1 amide bonds. The summed E-state index contributed by atoms with van der Waals surface area (Å²) in [6.45, 7) is 4.41. The van der Waals surface area contributed by atoms with E-state index in [2.05, 4.69) is 11.6 Å². The predicted molar refractivity (Wildman–Crippen MR) is 102 cm³/mol. The molecule has 1 aliphatic rings. The highest BCUT2D eigenvalue weighted by Crippen LogP contribution is 2.32. The van der Waals surface area contributed by atoms with Crippen molar-refractivity contribution in [3.05, 3.63) is 71.3 Å². The van der Waals surface area contributed by atoms with Gasteiger partial charge in [-0.1, -0.05) is 23.5 Å². The number of fused-ring (bicyclic) bond motifs is 2. The van der Waals surface area contributed by atoms with Gasteiger partial charge in [-0.15, -0.1) is 6.58 Å². The number of carbonyl (C=O) groups excluding carboxylic acids is 1. The van der Waals surface area contributed by atoms with Gasteiger partial charge in [0.1, 0.15) is 5.82 Å². The number of hydrogen-bond acceptors (Lipinski definition) is 4. The topological polar surface area (TPSA) is 52.8 Å². The average molecular weight is 382 g/mol. The van der Waals surface area contributed by atoms with Crippen molar-refractivity contribution < 1.29 is 18.7 Å². The summed E-state index contributed by atoms with van der Waals surface area (Å²) in [6, 6.07) is 9.92. The average Bonchev–Trinajstić information content (AvgIpc) is 3.24. The summed E-state index contributed by atoms with van der Waals surface area (Å²) in [7, 11) is 0. The van der Waals surface area contributed by atoms with Gasteiger partial charge in [-0.25, -0.2) is 4.39 Å². The normalized spacial score (nSPS) is 13.6. The van der Waals surface area contributed by atoms with Crippen molar-refractivity contribution in [2.45, 2.75) is 6.54 Å². The number of rotatable bonds is 4. The molecule has 3 aromatic rings. The number of amides is 1. The molecule has 0 saturated carbocycles. The number of nitrogens with zero attached hydrogens (tertiary/aromatic N) is 2. The van der Waals surface area contributed by atoms with Crippen molar-refractivity contribution in [1.29, 1.82) is 0 Å². The van der Waals surface area contributed by atoms with E-state index in [1.807, 2.05) is 10.6 Å². The number of aromatic nitrogens is 1. The smallest absolute Gasteiger partial charge is 0.272 e. The Morgan fingerprint density at radius 1 is 1.26 bits per heavy atom. The van der Waals surface area contributed by atoms with Gasteiger partial charge in [0.15, 0.2) is 16.3 Å². The fourth-order valence-electron chi connectivity index (χ4n) is 2.75. The van der Waals surface area contributed by atoms with Gasteiger partial charge in [0.25, 0.3) is 5.91 Å². The minimum atomic E-state index is -0.405. The van der Waals surface area contributed by atoms with Gasteiger partial charge in [0.05, 0.1) is 10.2 Å². The summed E-state index contributed by atoms with van der Waals surface area (Å²) < 4.78 is 26.6. The largest absolute Gasteiger partial charge is 0.454 e. The molecule has 0 unspecified atom stereocenters. The molecular weight excluding hydrogens is 367 g/mol. The van der Waals surface area contributed by atoms with Crippen LogP contribution in [-0.2, 0) is 11.3 Å². The number of allylic oxidation sites excluding steroid dienone is 1. The Bertz CT molecular complexity index is 1140. The van der Waals surface area contributed by atoms with Crippen LogP contribution in [-0.4, -0.2) is 17.3 Å². The van der Waals surface area contributed by atoms with Crippen LogP contribution in [0.15, 0.2) is 60.1 Å². The highest BCUT2D eigenvalue weighted by molar-refractivity contribution is 7.16. The minimum absolute atomic E-state index is 0.201. The van der Waals surface area contributed by atoms with Crippen LogP contribution in [0.1, 0.15) is 5.56 Å². The second-order valence-corrected chi connectivity index (χ2v) is 6.80. The van der Waals surface area contributed by atoms with E-state index in [0.29, 0.717) is 22.8 Å². The van der Waals surface area contributed by atoms with Crippen molar-refractivity contribution in [3.63, 3.8) is 0 Å². The summed E-state index contributed by atoms with van der Waals surface area (Å²) in [5.74, 6) is 0.607. The van der Waals surface area contributed by atoms with Crippen LogP contribution in [0, 0.1) is 5.82 Å². The molecule has 27 heavy (non-hydrogen) atoms. The van der Waals surface area contributed by atoms with Crippen molar-refractivity contribution in [2.24, 2.45) is 4.99 Å². The summed E-state index contributed by atoms with van der Waals surface area (Å²) in [4.78, 5) is 17.0. The first kappa shape index (κ1) is 17.2. The SMILES string of the molecule is C=CCn1c(=NC(=O)/C=C\c2ccc3c(c2)OCO3)sc2cc(F)ccc21. The molecule has 1 aliphatic heterocycles. The maximum atomic E-state index is 13.5. The van der Waals surface area contributed by atoms with Gasteiger partial charge in [-0.3, -0.25) is 4.79 Å². The lowest BCUT2D eigenvalue weighted by Gasteiger charge is -2.00. The molecule has 0 fully saturated rings. The Hall–Kier alpha value is -3.19.